The summed E-state index contributed by atoms with van der Waals surface area (Å²) in [5, 5.41) is 8.91. The zero-order valence-electron chi connectivity index (χ0n) is 32.1. The maximum absolute atomic E-state index is 13.9. The van der Waals surface area contributed by atoms with E-state index >= 15 is 0 Å². The largest absolute Gasteiger partial charge is 0.444 e. The molecule has 294 valence electrons. The number of carbonyl (C=O) groups excluding carboxylic acids is 4. The summed E-state index contributed by atoms with van der Waals surface area (Å²) in [6, 6.07) is 18.0. The Morgan fingerprint density at radius 3 is 2.35 bits per heavy atom. The molecule has 0 aromatic heterocycles. The Kier molecular flexibility index (Phi) is 12.4. The number of Topliss-reactive ketones (excluding diaryl/α,β-unsaturated/α-hetero) is 2. The molecular formula is C42H52N4O8S. The first-order chi connectivity index (χ1) is 26.2. The number of aryl methyl sites for hydroxylation is 1. The Balaban J connectivity index is 1.14. The van der Waals surface area contributed by atoms with Crippen molar-refractivity contribution in [3.63, 3.8) is 0 Å². The molecule has 3 aromatic rings. The second kappa shape index (κ2) is 17.1. The summed E-state index contributed by atoms with van der Waals surface area (Å²) in [5.74, 6) is -0.820. The number of fused-ring (bicyclic) bond motifs is 1. The van der Waals surface area contributed by atoms with E-state index in [4.69, 9.17) is 9.47 Å². The van der Waals surface area contributed by atoms with E-state index in [9.17, 15) is 27.6 Å². The Morgan fingerprint density at radius 2 is 1.65 bits per heavy atom. The molecule has 3 aliphatic rings. The number of anilines is 2. The average Bonchev–Trinajstić information content (AvgIpc) is 3.53. The van der Waals surface area contributed by atoms with Gasteiger partial charge in [-0.1, -0.05) is 30.3 Å². The summed E-state index contributed by atoms with van der Waals surface area (Å²) in [6.45, 7) is 9.47. The van der Waals surface area contributed by atoms with Gasteiger partial charge in [-0.05, 0) is 118 Å². The van der Waals surface area contributed by atoms with Crippen LogP contribution < -0.4 is 16.0 Å². The lowest BCUT2D eigenvalue weighted by atomic mass is 9.77. The van der Waals surface area contributed by atoms with Crippen molar-refractivity contribution in [2.45, 2.75) is 76.7 Å². The van der Waals surface area contributed by atoms with E-state index in [1.165, 1.54) is 4.31 Å². The minimum Gasteiger partial charge on any atom is -0.444 e. The van der Waals surface area contributed by atoms with E-state index in [-0.39, 0.29) is 47.2 Å². The zero-order chi connectivity index (χ0) is 39.3. The van der Waals surface area contributed by atoms with E-state index < -0.39 is 27.6 Å². The van der Waals surface area contributed by atoms with Gasteiger partial charge < -0.3 is 25.4 Å². The molecule has 3 aromatic carbocycles. The van der Waals surface area contributed by atoms with Gasteiger partial charge in [-0.25, -0.2) is 13.2 Å². The number of hydrogen-bond donors (Lipinski definition) is 3. The summed E-state index contributed by atoms with van der Waals surface area (Å²) < 4.78 is 39.0. The van der Waals surface area contributed by atoms with E-state index in [0.29, 0.717) is 69.0 Å². The minimum atomic E-state index is -3.68. The monoisotopic (exact) mass is 772 g/mol. The molecule has 1 saturated heterocycles. The average molecular weight is 773 g/mol. The zero-order valence-corrected chi connectivity index (χ0v) is 32.9. The van der Waals surface area contributed by atoms with Crippen molar-refractivity contribution in [1.29, 1.82) is 0 Å². The van der Waals surface area contributed by atoms with Gasteiger partial charge in [0.1, 0.15) is 11.4 Å². The summed E-state index contributed by atoms with van der Waals surface area (Å²) in [4.78, 5) is 52.2. The second-order valence-corrected chi connectivity index (χ2v) is 17.8. The first kappa shape index (κ1) is 40.1. The third kappa shape index (κ3) is 10.2. The van der Waals surface area contributed by atoms with Gasteiger partial charge >= 0.3 is 6.09 Å². The van der Waals surface area contributed by atoms with Crippen LogP contribution in [0, 0.1) is 24.7 Å². The van der Waals surface area contributed by atoms with Crippen molar-refractivity contribution in [2.75, 3.05) is 50.0 Å². The van der Waals surface area contributed by atoms with Crippen LogP contribution in [0.4, 0.5) is 16.2 Å². The van der Waals surface area contributed by atoms with Crippen LogP contribution >= 0.6 is 0 Å². The first-order valence-corrected chi connectivity index (χ1v) is 20.6. The number of rotatable bonds is 12. The number of sulfonamides is 1. The molecule has 6 rings (SSSR count). The molecule has 12 nitrogen and oxygen atoms in total. The van der Waals surface area contributed by atoms with Crippen LogP contribution in [0.1, 0.15) is 74.4 Å². The highest BCUT2D eigenvalue weighted by Crippen LogP contribution is 2.33. The van der Waals surface area contributed by atoms with Gasteiger partial charge in [0.2, 0.25) is 15.9 Å². The predicted octanol–water partition coefficient (Wildman–Crippen LogP) is 6.38. The standard InChI is InChI=1S/C42H52N4O8S/c1-27-5-15-34(55(51,52)46-17-19-53-20-18-46)24-36(27)30-10-6-28(7-11-30)21-32(40(49)45-33-14-16-35-37(23-33)43-26-39(35)48)22-38(47)31-12-8-29(9-13-31)25-44-41(50)54-42(2,3)4/h5-7,10-11,14-16,23-24,29,31-32,43H,8-9,12-13,17-22,25-26H2,1-4H3,(H,44,50)(H,45,49)/t29?,31?,32-/m1/s1. The molecule has 2 heterocycles. The summed E-state index contributed by atoms with van der Waals surface area (Å²) >= 11 is 0. The molecule has 1 atom stereocenters. The smallest absolute Gasteiger partial charge is 0.407 e. The fourth-order valence-electron chi connectivity index (χ4n) is 7.54. The normalized spacial score (nSPS) is 19.5. The van der Waals surface area contributed by atoms with Crippen molar-refractivity contribution in [2.24, 2.45) is 17.8 Å². The second-order valence-electron chi connectivity index (χ2n) is 15.9. The minimum absolute atomic E-state index is 0.00390. The van der Waals surface area contributed by atoms with Gasteiger partial charge in [0.25, 0.3) is 0 Å². The van der Waals surface area contributed by atoms with Crippen LogP contribution in [-0.2, 0) is 35.5 Å². The Hall–Kier alpha value is -4.59. The Bertz CT molecular complexity index is 2010. The van der Waals surface area contributed by atoms with Gasteiger partial charge in [0.15, 0.2) is 5.78 Å². The Morgan fingerprint density at radius 1 is 0.945 bits per heavy atom. The molecule has 2 fully saturated rings. The lowest BCUT2D eigenvalue weighted by Gasteiger charge is -2.29. The number of carbonyl (C=O) groups is 4. The van der Waals surface area contributed by atoms with Gasteiger partial charge in [-0.3, -0.25) is 14.4 Å². The molecule has 0 bridgehead atoms. The van der Waals surface area contributed by atoms with E-state index in [0.717, 1.165) is 35.1 Å². The molecule has 13 heteroatoms. The number of benzene rings is 3. The number of morpholine rings is 1. The van der Waals surface area contributed by atoms with Crippen molar-refractivity contribution >= 4 is 45.0 Å². The fraction of sp³-hybridized carbons (Fsp3) is 0.476. The van der Waals surface area contributed by atoms with E-state index in [2.05, 4.69) is 16.0 Å². The lowest BCUT2D eigenvalue weighted by molar-refractivity contribution is -0.129. The molecular weight excluding hydrogens is 721 g/mol. The summed E-state index contributed by atoms with van der Waals surface area (Å²) in [7, 11) is -3.68. The van der Waals surface area contributed by atoms with Gasteiger partial charge in [-0.15, -0.1) is 0 Å². The number of ether oxygens (including phenoxy) is 2. The maximum atomic E-state index is 13.9. The molecule has 3 N–H and O–H groups in total. The van der Waals surface area contributed by atoms with E-state index in [1.54, 1.807) is 30.3 Å². The summed E-state index contributed by atoms with van der Waals surface area (Å²) in [6.07, 6.45) is 2.90. The third-order valence-corrected chi connectivity index (χ3v) is 12.5. The quantitative estimate of drug-likeness (QED) is 0.190. The molecule has 0 radical (unpaired) electrons. The molecule has 0 unspecified atom stereocenters. The number of amides is 2. The predicted molar refractivity (Wildman–Crippen MR) is 211 cm³/mol. The SMILES string of the molecule is Cc1ccc(S(=O)(=O)N2CCOCC2)cc1-c1ccc(C[C@H](CC(=O)C2CCC(CNC(=O)OC(C)(C)C)CC2)C(=O)Nc2ccc3c(c2)NCC3=O)cc1. The molecule has 0 spiro atoms. The van der Waals surface area contributed by atoms with Crippen molar-refractivity contribution in [1.82, 2.24) is 9.62 Å². The summed E-state index contributed by atoms with van der Waals surface area (Å²) in [5.41, 5.74) is 4.65. The first-order valence-electron chi connectivity index (χ1n) is 19.2. The fourth-order valence-corrected chi connectivity index (χ4v) is 8.97. The van der Waals surface area contributed by atoms with Crippen LogP contribution in [0.15, 0.2) is 65.6 Å². The number of alkyl carbamates (subject to hydrolysis) is 1. The maximum Gasteiger partial charge on any atom is 0.407 e. The number of nitrogens with one attached hydrogen (secondary N) is 3. The highest BCUT2D eigenvalue weighted by molar-refractivity contribution is 7.89. The molecule has 1 saturated carbocycles. The molecule has 2 amide bonds. The van der Waals surface area contributed by atoms with Gasteiger partial charge in [0.05, 0.1) is 24.7 Å². The highest BCUT2D eigenvalue weighted by atomic mass is 32.2. The highest BCUT2D eigenvalue weighted by Gasteiger charge is 2.32. The molecule has 2 aliphatic heterocycles. The van der Waals surface area contributed by atoms with Gasteiger partial charge in [0, 0.05) is 54.8 Å². The van der Waals surface area contributed by atoms with Crippen LogP contribution in [-0.4, -0.2) is 81.3 Å². The van der Waals surface area contributed by atoms with Crippen LogP contribution in [0.3, 0.4) is 0 Å². The number of nitrogens with zero attached hydrogens (tertiary/aromatic N) is 1. The van der Waals surface area contributed by atoms with Crippen LogP contribution in [0.2, 0.25) is 0 Å². The third-order valence-electron chi connectivity index (χ3n) is 10.6. The van der Waals surface area contributed by atoms with E-state index in [1.807, 2.05) is 58.0 Å². The van der Waals surface area contributed by atoms with Gasteiger partial charge in [-0.2, -0.15) is 4.31 Å². The lowest BCUT2D eigenvalue weighted by Crippen LogP contribution is -2.40. The number of ketones is 2. The topological polar surface area (TPSA) is 160 Å². The van der Waals surface area contributed by atoms with Crippen molar-refractivity contribution in [3.8, 4) is 11.1 Å². The Labute approximate surface area is 323 Å². The van der Waals surface area contributed by atoms with Crippen LogP contribution in [0.5, 0.6) is 0 Å². The van der Waals surface area contributed by atoms with Crippen molar-refractivity contribution in [3.05, 3.63) is 77.4 Å². The van der Waals surface area contributed by atoms with Crippen LogP contribution in [0.25, 0.3) is 11.1 Å². The molecule has 1 aliphatic carbocycles. The van der Waals surface area contributed by atoms with Crippen molar-refractivity contribution < 1.29 is 37.1 Å². The molecule has 55 heavy (non-hydrogen) atoms. The number of hydrogen-bond acceptors (Lipinski definition) is 9.